The highest BCUT2D eigenvalue weighted by Gasteiger charge is 2.11. The van der Waals surface area contributed by atoms with E-state index in [0.29, 0.717) is 27.2 Å². The van der Waals surface area contributed by atoms with E-state index in [2.05, 4.69) is 26.3 Å². The molecule has 0 fully saturated rings. The van der Waals surface area contributed by atoms with Gasteiger partial charge in [0.25, 0.3) is 0 Å². The van der Waals surface area contributed by atoms with Gasteiger partial charge in [-0.05, 0) is 28.1 Å². The SMILES string of the molecule is Cn1cc(N)c(Nc2ccc(Br)c(Cl)c2Cl)n1. The summed E-state index contributed by atoms with van der Waals surface area (Å²) in [6.07, 6.45) is 1.71. The third-order valence-corrected chi connectivity index (χ3v) is 3.92. The van der Waals surface area contributed by atoms with Crippen LogP contribution in [0.2, 0.25) is 10.0 Å². The summed E-state index contributed by atoms with van der Waals surface area (Å²) < 4.78 is 2.36. The highest BCUT2D eigenvalue weighted by molar-refractivity contribution is 9.10. The van der Waals surface area contributed by atoms with E-state index in [4.69, 9.17) is 28.9 Å². The van der Waals surface area contributed by atoms with Crippen molar-refractivity contribution in [3.8, 4) is 0 Å². The van der Waals surface area contributed by atoms with Crippen LogP contribution >= 0.6 is 39.1 Å². The smallest absolute Gasteiger partial charge is 0.175 e. The molecular weight excluding hydrogens is 327 g/mol. The molecule has 0 spiro atoms. The van der Waals surface area contributed by atoms with E-state index in [1.54, 1.807) is 30.1 Å². The van der Waals surface area contributed by atoms with E-state index in [9.17, 15) is 0 Å². The normalized spacial score (nSPS) is 10.6. The number of aryl methyl sites for hydroxylation is 1. The monoisotopic (exact) mass is 334 g/mol. The highest BCUT2D eigenvalue weighted by atomic mass is 79.9. The molecular formula is C10H9BrCl2N4. The minimum atomic E-state index is 0.422. The summed E-state index contributed by atoms with van der Waals surface area (Å²) in [5.41, 5.74) is 6.98. The van der Waals surface area contributed by atoms with Crippen LogP contribution in [0.3, 0.4) is 0 Å². The van der Waals surface area contributed by atoms with Gasteiger partial charge >= 0.3 is 0 Å². The third-order valence-electron chi connectivity index (χ3n) is 2.15. The van der Waals surface area contributed by atoms with E-state index in [1.807, 2.05) is 0 Å². The van der Waals surface area contributed by atoms with Gasteiger partial charge in [0.2, 0.25) is 0 Å². The molecule has 1 aromatic heterocycles. The lowest BCUT2D eigenvalue weighted by Crippen LogP contribution is -1.96. The van der Waals surface area contributed by atoms with Crippen LogP contribution in [0.25, 0.3) is 0 Å². The molecule has 4 nitrogen and oxygen atoms in total. The standard InChI is InChI=1S/C10H9BrCl2N4/c1-17-4-6(14)10(16-17)15-7-3-2-5(11)8(12)9(7)13/h2-4H,14H2,1H3,(H,15,16). The topological polar surface area (TPSA) is 55.9 Å². The van der Waals surface area contributed by atoms with E-state index < -0.39 is 0 Å². The molecule has 7 heteroatoms. The largest absolute Gasteiger partial charge is 0.394 e. The number of nitrogens with zero attached hydrogens (tertiary/aromatic N) is 2. The number of hydrogen-bond donors (Lipinski definition) is 2. The van der Waals surface area contributed by atoms with Gasteiger partial charge in [0.15, 0.2) is 5.82 Å². The van der Waals surface area contributed by atoms with Crippen LogP contribution in [0.4, 0.5) is 17.2 Å². The Kier molecular flexibility index (Phi) is 3.51. The van der Waals surface area contributed by atoms with Crippen molar-refractivity contribution >= 4 is 56.3 Å². The number of benzene rings is 1. The molecule has 0 aliphatic rings. The molecule has 0 aliphatic carbocycles. The quantitative estimate of drug-likeness (QED) is 0.820. The van der Waals surface area contributed by atoms with Crippen LogP contribution in [0.1, 0.15) is 0 Å². The zero-order valence-electron chi connectivity index (χ0n) is 8.84. The van der Waals surface area contributed by atoms with Gasteiger partial charge in [-0.1, -0.05) is 23.2 Å². The first-order valence-corrected chi connectivity index (χ1v) is 6.23. The fraction of sp³-hybridized carbons (Fsp3) is 0.100. The molecule has 17 heavy (non-hydrogen) atoms. The maximum Gasteiger partial charge on any atom is 0.175 e. The van der Waals surface area contributed by atoms with Crippen molar-refractivity contribution in [2.45, 2.75) is 0 Å². The van der Waals surface area contributed by atoms with Gasteiger partial charge in [-0.3, -0.25) is 4.68 Å². The fourth-order valence-corrected chi connectivity index (χ4v) is 2.18. The van der Waals surface area contributed by atoms with Gasteiger partial charge in [0, 0.05) is 17.7 Å². The van der Waals surface area contributed by atoms with E-state index in [1.165, 1.54) is 0 Å². The van der Waals surface area contributed by atoms with E-state index in [0.717, 1.165) is 4.47 Å². The van der Waals surface area contributed by atoms with Gasteiger partial charge in [-0.2, -0.15) is 5.10 Å². The Bertz CT molecular complexity index is 568. The van der Waals surface area contributed by atoms with Crippen LogP contribution in [-0.2, 0) is 7.05 Å². The summed E-state index contributed by atoms with van der Waals surface area (Å²) in [4.78, 5) is 0. The zero-order valence-corrected chi connectivity index (χ0v) is 11.9. The molecule has 1 heterocycles. The Hall–Kier alpha value is -0.910. The number of nitrogens with one attached hydrogen (secondary N) is 1. The summed E-state index contributed by atoms with van der Waals surface area (Å²) in [6, 6.07) is 3.60. The first-order chi connectivity index (χ1) is 7.99. The molecule has 0 aliphatic heterocycles. The van der Waals surface area contributed by atoms with Crippen LogP contribution in [0, 0.1) is 0 Å². The minimum absolute atomic E-state index is 0.422. The Morgan fingerprint density at radius 2 is 2.06 bits per heavy atom. The highest BCUT2D eigenvalue weighted by Crippen LogP contribution is 2.37. The summed E-state index contributed by atoms with van der Waals surface area (Å²) >= 11 is 15.4. The maximum atomic E-state index is 6.11. The molecule has 3 N–H and O–H groups in total. The summed E-state index contributed by atoms with van der Waals surface area (Å²) in [5.74, 6) is 0.549. The Morgan fingerprint density at radius 3 is 2.65 bits per heavy atom. The lowest BCUT2D eigenvalue weighted by Gasteiger charge is -2.08. The van der Waals surface area contributed by atoms with Gasteiger partial charge in [-0.15, -0.1) is 0 Å². The average Bonchev–Trinajstić information content (AvgIpc) is 2.58. The van der Waals surface area contributed by atoms with Crippen molar-refractivity contribution < 1.29 is 0 Å². The van der Waals surface area contributed by atoms with Crippen molar-refractivity contribution in [3.05, 3.63) is 32.8 Å². The first-order valence-electron chi connectivity index (χ1n) is 4.68. The molecule has 2 rings (SSSR count). The lowest BCUT2D eigenvalue weighted by molar-refractivity contribution is 0.771. The second kappa shape index (κ2) is 4.76. The van der Waals surface area contributed by atoms with Crippen molar-refractivity contribution in [1.82, 2.24) is 9.78 Å². The number of rotatable bonds is 2. The predicted octanol–water partition coefficient (Wildman–Crippen LogP) is 3.82. The summed E-state index contributed by atoms with van der Waals surface area (Å²) in [7, 11) is 1.79. The zero-order chi connectivity index (χ0) is 12.6. The average molecular weight is 336 g/mol. The van der Waals surface area contributed by atoms with Crippen molar-refractivity contribution in [2.75, 3.05) is 11.1 Å². The predicted molar refractivity (Wildman–Crippen MR) is 75.1 cm³/mol. The van der Waals surface area contributed by atoms with Gasteiger partial charge in [0.05, 0.1) is 21.4 Å². The van der Waals surface area contributed by atoms with Crippen molar-refractivity contribution in [1.29, 1.82) is 0 Å². The van der Waals surface area contributed by atoms with Gasteiger partial charge in [0.1, 0.15) is 0 Å². The molecule has 1 aromatic carbocycles. The second-order valence-corrected chi connectivity index (χ2v) is 5.06. The number of anilines is 3. The molecule has 0 saturated carbocycles. The lowest BCUT2D eigenvalue weighted by atomic mass is 10.3. The second-order valence-electron chi connectivity index (χ2n) is 3.45. The molecule has 0 saturated heterocycles. The van der Waals surface area contributed by atoms with Crippen molar-refractivity contribution in [2.24, 2.45) is 7.05 Å². The molecule has 0 amide bonds. The fourth-order valence-electron chi connectivity index (χ4n) is 1.35. The third kappa shape index (κ3) is 2.51. The van der Waals surface area contributed by atoms with Crippen molar-refractivity contribution in [3.63, 3.8) is 0 Å². The summed E-state index contributed by atoms with van der Waals surface area (Å²) in [5, 5.41) is 8.07. The van der Waals surface area contributed by atoms with E-state index >= 15 is 0 Å². The Balaban J connectivity index is 2.37. The van der Waals surface area contributed by atoms with Crippen LogP contribution in [0.5, 0.6) is 0 Å². The number of aromatic nitrogens is 2. The molecule has 90 valence electrons. The number of halogens is 3. The Labute approximate surface area is 117 Å². The number of nitrogen functional groups attached to an aromatic ring is 1. The maximum absolute atomic E-state index is 6.11. The van der Waals surface area contributed by atoms with E-state index in [-0.39, 0.29) is 0 Å². The Morgan fingerprint density at radius 1 is 1.35 bits per heavy atom. The minimum Gasteiger partial charge on any atom is -0.394 e. The number of hydrogen-bond acceptors (Lipinski definition) is 3. The molecule has 0 atom stereocenters. The first kappa shape index (κ1) is 12.5. The van der Waals surface area contributed by atoms with Gasteiger partial charge in [-0.25, -0.2) is 0 Å². The molecule has 2 aromatic rings. The van der Waals surface area contributed by atoms with Crippen LogP contribution < -0.4 is 11.1 Å². The summed E-state index contributed by atoms with van der Waals surface area (Å²) in [6.45, 7) is 0. The molecule has 0 unspecified atom stereocenters. The van der Waals surface area contributed by atoms with Crippen LogP contribution in [-0.4, -0.2) is 9.78 Å². The molecule has 0 bridgehead atoms. The molecule has 0 radical (unpaired) electrons. The van der Waals surface area contributed by atoms with Crippen LogP contribution in [0.15, 0.2) is 22.8 Å². The van der Waals surface area contributed by atoms with Gasteiger partial charge < -0.3 is 11.1 Å². The number of nitrogens with two attached hydrogens (primary N) is 1.